The van der Waals surface area contributed by atoms with Gasteiger partial charge < -0.3 is 13.7 Å². The Kier molecular flexibility index (Phi) is 3.01. The standard InChI is InChI=1S/C48H31N3/c1-2-12-32(13-3-1)33-22-24-34(25-23-33)49-46-21-11-7-17-40(46)42-30-35(27-29-47(42)49)51-45-20-10-6-16-39(45)41-28-26-36(31-48(41)51)50-43-18-8-4-14-37(43)38-15-5-9-19-44(38)50/h1-31H/i4D,5D,6D,7D,8D,9D,10D,11D,14D,15D,16D,17D,18D,19D,20D,21D,26D,27D,28D,29D,30D,31D. The van der Waals surface area contributed by atoms with Crippen LogP contribution in [-0.4, -0.2) is 13.7 Å². The lowest BCUT2D eigenvalue weighted by atomic mass is 10.1. The summed E-state index contributed by atoms with van der Waals surface area (Å²) in [5.74, 6) is 0. The van der Waals surface area contributed by atoms with Crippen LogP contribution in [0, 0.1) is 0 Å². The van der Waals surface area contributed by atoms with Gasteiger partial charge in [0.05, 0.1) is 63.3 Å². The zero-order valence-electron chi connectivity index (χ0n) is 48.0. The fourth-order valence-electron chi connectivity index (χ4n) is 6.79. The molecule has 0 N–H and O–H groups in total. The van der Waals surface area contributed by atoms with Crippen LogP contribution >= 0.6 is 0 Å². The first-order chi connectivity index (χ1) is 34.5. The van der Waals surface area contributed by atoms with Crippen LogP contribution in [0.1, 0.15) is 30.2 Å². The van der Waals surface area contributed by atoms with Crippen LogP contribution < -0.4 is 0 Å². The monoisotopic (exact) mass is 671 g/mol. The van der Waals surface area contributed by atoms with E-state index in [1.54, 1.807) is 24.3 Å². The molecule has 238 valence electrons. The van der Waals surface area contributed by atoms with Gasteiger partial charge in [0.15, 0.2) is 0 Å². The molecule has 0 bridgehead atoms. The number of benzene rings is 8. The minimum absolute atomic E-state index is 0.174. The Balaban J connectivity index is 1.37. The average molecular weight is 672 g/mol. The quantitative estimate of drug-likeness (QED) is 0.177. The SMILES string of the molecule is [2H]c1c([2H])c([2H])c2c(c1[2H])c1c([2H])c(-n3c4c([2H])c([2H])c([2H])c([2H])c4c4c([2H])c([2H])c(-n5c6c([2H])c([2H])c([2H])c([2H])c6c6c([2H])c([2H])c([2H])c([2H])c65)c([2H])c43)c([2H])c([2H])c1n2-c1ccc(-c2ccccc2)cc1. The molecule has 0 radical (unpaired) electrons. The van der Waals surface area contributed by atoms with E-state index < -0.39 is 188 Å². The number of hydrogen-bond acceptors (Lipinski definition) is 0. The van der Waals surface area contributed by atoms with Gasteiger partial charge in [0.1, 0.15) is 0 Å². The summed E-state index contributed by atoms with van der Waals surface area (Å²) in [5, 5.41) is -2.34. The van der Waals surface area contributed by atoms with Crippen LogP contribution in [0.5, 0.6) is 0 Å². The second kappa shape index (κ2) is 10.8. The first kappa shape index (κ1) is 14.2. The van der Waals surface area contributed by atoms with E-state index in [0.29, 0.717) is 0 Å². The van der Waals surface area contributed by atoms with Crippen molar-refractivity contribution < 1.29 is 30.2 Å². The third kappa shape index (κ3) is 4.12. The Bertz CT molecular complexity index is 4310. The smallest absolute Gasteiger partial charge is 0.0667 e. The van der Waals surface area contributed by atoms with E-state index in [1.807, 2.05) is 30.3 Å². The van der Waals surface area contributed by atoms with Gasteiger partial charge in [0, 0.05) is 49.4 Å². The molecule has 3 nitrogen and oxygen atoms in total. The van der Waals surface area contributed by atoms with E-state index in [9.17, 15) is 13.7 Å². The number of para-hydroxylation sites is 4. The molecule has 0 aliphatic rings. The molecule has 0 saturated carbocycles. The van der Waals surface area contributed by atoms with Crippen molar-refractivity contribution in [1.29, 1.82) is 0 Å². The molecule has 0 atom stereocenters. The van der Waals surface area contributed by atoms with E-state index in [-0.39, 0.29) is 27.5 Å². The second-order valence-corrected chi connectivity index (χ2v) is 11.7. The maximum Gasteiger partial charge on any atom is 0.0667 e. The fourth-order valence-corrected chi connectivity index (χ4v) is 6.79. The molecule has 3 heterocycles. The zero-order chi connectivity index (χ0) is 52.6. The molecule has 0 spiro atoms. The summed E-state index contributed by atoms with van der Waals surface area (Å²) >= 11 is 0. The topological polar surface area (TPSA) is 14.8 Å². The first-order valence-electron chi connectivity index (χ1n) is 26.7. The number of nitrogens with zero attached hydrogens (tertiary/aromatic N) is 3. The largest absolute Gasteiger partial charge is 0.309 e. The summed E-state index contributed by atoms with van der Waals surface area (Å²) in [6, 6.07) is -0.727. The maximum atomic E-state index is 10.1. The molecule has 0 fully saturated rings. The summed E-state index contributed by atoms with van der Waals surface area (Å²) in [6.07, 6.45) is 0. The second-order valence-electron chi connectivity index (χ2n) is 11.7. The molecule has 8 aromatic carbocycles. The Labute approximate surface area is 325 Å². The third-order valence-electron chi connectivity index (χ3n) is 9.00. The molecule has 11 aromatic rings. The van der Waals surface area contributed by atoms with Gasteiger partial charge in [-0.05, 0) is 77.6 Å². The van der Waals surface area contributed by atoms with Crippen molar-refractivity contribution in [3.05, 3.63) is 188 Å². The van der Waals surface area contributed by atoms with Crippen LogP contribution in [0.25, 0.3) is 93.6 Å². The van der Waals surface area contributed by atoms with Gasteiger partial charge in [0.2, 0.25) is 0 Å². The minimum Gasteiger partial charge on any atom is -0.309 e. The molecule has 3 heteroatoms. The molecule has 0 aliphatic heterocycles. The molecular weight excluding hydrogens is 619 g/mol. The van der Waals surface area contributed by atoms with Gasteiger partial charge in [-0.2, -0.15) is 0 Å². The van der Waals surface area contributed by atoms with Crippen molar-refractivity contribution in [3.63, 3.8) is 0 Å². The Morgan fingerprint density at radius 2 is 0.706 bits per heavy atom. The van der Waals surface area contributed by atoms with E-state index in [2.05, 4.69) is 0 Å². The van der Waals surface area contributed by atoms with Crippen molar-refractivity contribution >= 4 is 65.4 Å². The number of rotatable bonds is 4. The van der Waals surface area contributed by atoms with E-state index in [1.165, 1.54) is 4.57 Å². The Morgan fingerprint density at radius 3 is 1.29 bits per heavy atom. The molecule has 0 amide bonds. The maximum absolute atomic E-state index is 10.1. The van der Waals surface area contributed by atoms with Crippen LogP contribution in [0.3, 0.4) is 0 Å². The summed E-state index contributed by atoms with van der Waals surface area (Å²) in [6.45, 7) is 0. The zero-order valence-corrected chi connectivity index (χ0v) is 26.0. The third-order valence-corrected chi connectivity index (χ3v) is 9.00. The predicted octanol–water partition coefficient (Wildman–Crippen LogP) is 12.6. The highest BCUT2D eigenvalue weighted by Gasteiger charge is 2.18. The molecule has 0 unspecified atom stereocenters. The lowest BCUT2D eigenvalue weighted by Crippen LogP contribution is -1.97. The molecule has 11 rings (SSSR count). The van der Waals surface area contributed by atoms with E-state index in [4.69, 9.17) is 16.4 Å². The number of aromatic nitrogens is 3. The highest BCUT2D eigenvalue weighted by Crippen LogP contribution is 2.39. The normalized spacial score (nSPS) is 18.0. The summed E-state index contributed by atoms with van der Waals surface area (Å²) < 4.78 is 204. The van der Waals surface area contributed by atoms with Crippen molar-refractivity contribution in [3.8, 4) is 28.2 Å². The highest BCUT2D eigenvalue weighted by molar-refractivity contribution is 6.13. The van der Waals surface area contributed by atoms with Crippen LogP contribution in [0.4, 0.5) is 0 Å². The van der Waals surface area contributed by atoms with E-state index >= 15 is 0 Å². The Morgan fingerprint density at radius 1 is 0.294 bits per heavy atom. The van der Waals surface area contributed by atoms with Crippen LogP contribution in [0.15, 0.2) is 188 Å². The molecule has 51 heavy (non-hydrogen) atoms. The lowest BCUT2D eigenvalue weighted by molar-refractivity contribution is 1.15. The van der Waals surface area contributed by atoms with Crippen molar-refractivity contribution in [1.82, 2.24) is 13.7 Å². The molecule has 0 saturated heterocycles. The van der Waals surface area contributed by atoms with Gasteiger partial charge in [-0.15, -0.1) is 0 Å². The number of fused-ring (bicyclic) bond motifs is 9. The first-order valence-corrected chi connectivity index (χ1v) is 15.7. The minimum atomic E-state index is -0.895. The summed E-state index contributed by atoms with van der Waals surface area (Å²) in [4.78, 5) is 0. The van der Waals surface area contributed by atoms with Gasteiger partial charge in [-0.25, -0.2) is 0 Å². The average Bonchev–Trinajstić information content (AvgIpc) is 4.05. The van der Waals surface area contributed by atoms with Gasteiger partial charge in [0.25, 0.3) is 0 Å². The fraction of sp³-hybridized carbons (Fsp3) is 0. The van der Waals surface area contributed by atoms with Crippen molar-refractivity contribution in [2.75, 3.05) is 0 Å². The Hall–Kier alpha value is -6.84. The molecule has 3 aromatic heterocycles. The predicted molar refractivity (Wildman–Crippen MR) is 215 cm³/mol. The van der Waals surface area contributed by atoms with Crippen LogP contribution in [0.2, 0.25) is 0 Å². The highest BCUT2D eigenvalue weighted by atomic mass is 15.0. The summed E-state index contributed by atoms with van der Waals surface area (Å²) in [7, 11) is 0. The van der Waals surface area contributed by atoms with Gasteiger partial charge in [-0.1, -0.05) is 121 Å². The van der Waals surface area contributed by atoms with E-state index in [0.717, 1.165) is 20.3 Å². The number of hydrogen-bond donors (Lipinski definition) is 0. The molecule has 0 aliphatic carbocycles. The summed E-state index contributed by atoms with van der Waals surface area (Å²) in [5.41, 5.74) is -2.02. The van der Waals surface area contributed by atoms with Gasteiger partial charge in [-0.3, -0.25) is 0 Å². The van der Waals surface area contributed by atoms with Crippen molar-refractivity contribution in [2.45, 2.75) is 0 Å². The molecular formula is C48H31N3. The lowest BCUT2D eigenvalue weighted by Gasteiger charge is -2.12. The van der Waals surface area contributed by atoms with Crippen molar-refractivity contribution in [2.24, 2.45) is 0 Å². The van der Waals surface area contributed by atoms with Gasteiger partial charge >= 0.3 is 0 Å². The van der Waals surface area contributed by atoms with Crippen LogP contribution in [-0.2, 0) is 0 Å².